The molecule has 7 heteroatoms. The van der Waals surface area contributed by atoms with Gasteiger partial charge < -0.3 is 14.6 Å². The lowest BCUT2D eigenvalue weighted by Gasteiger charge is -2.19. The van der Waals surface area contributed by atoms with E-state index in [-0.39, 0.29) is 47.7 Å². The number of esters is 1. The quantitative estimate of drug-likeness (QED) is 0.385. The van der Waals surface area contributed by atoms with E-state index in [4.69, 9.17) is 9.47 Å². The summed E-state index contributed by atoms with van der Waals surface area (Å²) in [5, 5.41) is 10.8. The van der Waals surface area contributed by atoms with Crippen LogP contribution in [0.25, 0.3) is 0 Å². The monoisotopic (exact) mass is 400 g/mol. The van der Waals surface area contributed by atoms with Crippen molar-refractivity contribution in [3.8, 4) is 5.75 Å². The highest BCUT2D eigenvalue weighted by Gasteiger charge is 2.33. The summed E-state index contributed by atoms with van der Waals surface area (Å²) in [5.41, 5.74) is 0.287. The van der Waals surface area contributed by atoms with E-state index in [1.54, 1.807) is 12.2 Å². The topological polar surface area (TPSA) is 107 Å². The molecule has 0 aliphatic heterocycles. The number of benzene rings is 1. The van der Waals surface area contributed by atoms with Crippen LogP contribution < -0.4 is 0 Å². The maximum absolute atomic E-state index is 12.7. The maximum atomic E-state index is 12.7. The predicted octanol–water partition coefficient (Wildman–Crippen LogP) is 3.34. The lowest BCUT2D eigenvalue weighted by molar-refractivity contribution is -0.139. The van der Waals surface area contributed by atoms with E-state index in [0.717, 1.165) is 12.5 Å². The van der Waals surface area contributed by atoms with Gasteiger partial charge in [-0.05, 0) is 24.5 Å². The third-order valence-corrected chi connectivity index (χ3v) is 4.50. The van der Waals surface area contributed by atoms with Crippen molar-refractivity contribution in [2.45, 2.75) is 39.5 Å². The molecule has 7 nitrogen and oxygen atoms in total. The second-order valence-corrected chi connectivity index (χ2v) is 6.59. The number of hydrogen-bond donors (Lipinski definition) is 1. The highest BCUT2D eigenvalue weighted by atomic mass is 16.5. The van der Waals surface area contributed by atoms with Crippen molar-refractivity contribution in [2.24, 2.45) is 0 Å². The van der Waals surface area contributed by atoms with Crippen LogP contribution in [0.2, 0.25) is 0 Å². The Morgan fingerprint density at radius 1 is 1.21 bits per heavy atom. The summed E-state index contributed by atoms with van der Waals surface area (Å²) in [4.78, 5) is 48.6. The van der Waals surface area contributed by atoms with Crippen molar-refractivity contribution in [3.05, 3.63) is 52.3 Å². The third kappa shape index (κ3) is 4.99. The summed E-state index contributed by atoms with van der Waals surface area (Å²) in [5.74, 6) is -2.43. The van der Waals surface area contributed by atoms with Gasteiger partial charge in [0.1, 0.15) is 12.4 Å². The number of fused-ring (bicyclic) bond motifs is 1. The molecule has 1 aliphatic carbocycles. The first-order valence-electron chi connectivity index (χ1n) is 9.36. The van der Waals surface area contributed by atoms with Crippen molar-refractivity contribution in [1.29, 1.82) is 0 Å². The number of unbranched alkanes of at least 4 members (excludes halogenated alkanes) is 1. The molecule has 1 aromatic rings. The molecule has 1 N–H and O–H groups in total. The van der Waals surface area contributed by atoms with Gasteiger partial charge in [-0.25, -0.2) is 0 Å². The number of aromatic hydroxyl groups is 1. The number of Topliss-reactive ketones (excluding diaryl/α,β-unsaturated/α-hetero) is 2. The highest BCUT2D eigenvalue weighted by molar-refractivity contribution is 6.26. The van der Waals surface area contributed by atoms with E-state index in [9.17, 15) is 24.3 Å². The smallest absolute Gasteiger partial charge is 0.302 e. The second kappa shape index (κ2) is 9.82. The molecule has 1 aromatic carbocycles. The first kappa shape index (κ1) is 22.1. The molecule has 0 atom stereocenters. The van der Waals surface area contributed by atoms with Crippen LogP contribution in [0.1, 0.15) is 69.7 Å². The molecule has 0 radical (unpaired) electrons. The molecule has 0 aromatic heterocycles. The largest absolute Gasteiger partial charge is 0.506 e. The maximum Gasteiger partial charge on any atom is 0.302 e. The number of phenols is 1. The van der Waals surface area contributed by atoms with Gasteiger partial charge in [0.15, 0.2) is 17.3 Å². The van der Waals surface area contributed by atoms with Crippen molar-refractivity contribution < 1.29 is 33.8 Å². The van der Waals surface area contributed by atoms with Gasteiger partial charge in [0.2, 0.25) is 5.78 Å². The van der Waals surface area contributed by atoms with Crippen LogP contribution in [0, 0.1) is 0 Å². The van der Waals surface area contributed by atoms with E-state index < -0.39 is 23.3 Å². The number of allylic oxidation sites excluding steroid dienone is 3. The van der Waals surface area contributed by atoms with Crippen LogP contribution >= 0.6 is 0 Å². The fourth-order valence-electron chi connectivity index (χ4n) is 3.07. The van der Waals surface area contributed by atoms with Crippen LogP contribution in [0.4, 0.5) is 0 Å². The van der Waals surface area contributed by atoms with E-state index in [1.165, 1.54) is 20.1 Å². The molecular formula is C22H24O7. The lowest BCUT2D eigenvalue weighted by atomic mass is 9.85. The average Bonchev–Trinajstić information content (AvgIpc) is 2.67. The van der Waals surface area contributed by atoms with E-state index >= 15 is 0 Å². The Balaban J connectivity index is 2.50. The zero-order valence-electron chi connectivity index (χ0n) is 16.7. The van der Waals surface area contributed by atoms with Crippen molar-refractivity contribution in [2.75, 3.05) is 13.7 Å². The highest BCUT2D eigenvalue weighted by Crippen LogP contribution is 2.35. The van der Waals surface area contributed by atoms with Gasteiger partial charge in [-0.2, -0.15) is 0 Å². The molecule has 0 amide bonds. The Bertz CT molecular complexity index is 906. The number of methoxy groups -OCH3 is 1. The van der Waals surface area contributed by atoms with Gasteiger partial charge in [-0.3, -0.25) is 19.2 Å². The van der Waals surface area contributed by atoms with E-state index in [2.05, 4.69) is 0 Å². The standard InChI is InChI=1S/C22H24O7/c1-4-5-9-16(24)19-14(8-6-7-10-29-13(2)23)11-15-20(22(19)27)17(25)12-18(28-3)21(15)26/h6-7,11-12,27H,4-5,8-10H2,1-3H3/b7-6+. The fraction of sp³-hybridized carbons (Fsp3) is 0.364. The SMILES string of the molecule is CCCCC(=O)c1c(C/C=C/COC(C)=O)cc2c(c1O)C(=O)C=C(OC)C2=O. The number of rotatable bonds is 9. The van der Waals surface area contributed by atoms with Crippen molar-refractivity contribution in [1.82, 2.24) is 0 Å². The van der Waals surface area contributed by atoms with Gasteiger partial charge in [-0.1, -0.05) is 25.5 Å². The van der Waals surface area contributed by atoms with E-state index in [1.807, 2.05) is 6.92 Å². The zero-order valence-corrected chi connectivity index (χ0v) is 16.7. The number of ether oxygens (including phenoxy) is 2. The van der Waals surface area contributed by atoms with Crippen LogP contribution in [0.5, 0.6) is 5.75 Å². The summed E-state index contributed by atoms with van der Waals surface area (Å²) in [7, 11) is 1.28. The summed E-state index contributed by atoms with van der Waals surface area (Å²) in [6, 6.07) is 1.46. The van der Waals surface area contributed by atoms with Crippen LogP contribution in [-0.2, 0) is 20.7 Å². The zero-order chi connectivity index (χ0) is 21.6. The number of carbonyl (C=O) groups excluding carboxylic acids is 4. The minimum absolute atomic E-state index is 0.00211. The molecule has 0 saturated carbocycles. The first-order chi connectivity index (χ1) is 13.8. The summed E-state index contributed by atoms with van der Waals surface area (Å²) in [6.45, 7) is 3.31. The van der Waals surface area contributed by atoms with Crippen LogP contribution in [0.3, 0.4) is 0 Å². The molecule has 154 valence electrons. The normalized spacial score (nSPS) is 13.3. The Morgan fingerprint density at radius 2 is 1.93 bits per heavy atom. The van der Waals surface area contributed by atoms with Gasteiger partial charge in [0.05, 0.1) is 18.2 Å². The molecule has 0 fully saturated rings. The van der Waals surface area contributed by atoms with Crippen molar-refractivity contribution in [3.63, 3.8) is 0 Å². The lowest BCUT2D eigenvalue weighted by Crippen LogP contribution is -2.20. The Kier molecular flexibility index (Phi) is 7.47. The molecule has 0 bridgehead atoms. The number of hydrogen-bond acceptors (Lipinski definition) is 7. The van der Waals surface area contributed by atoms with Gasteiger partial charge in [0.25, 0.3) is 0 Å². The summed E-state index contributed by atoms with van der Waals surface area (Å²) < 4.78 is 9.78. The molecular weight excluding hydrogens is 376 g/mol. The minimum atomic E-state index is -0.588. The minimum Gasteiger partial charge on any atom is -0.506 e. The predicted molar refractivity (Wildman–Crippen MR) is 105 cm³/mol. The average molecular weight is 400 g/mol. The molecule has 2 rings (SSSR count). The molecule has 0 unspecified atom stereocenters. The van der Waals surface area contributed by atoms with Gasteiger partial charge in [-0.15, -0.1) is 0 Å². The second-order valence-electron chi connectivity index (χ2n) is 6.59. The Labute approximate surface area is 169 Å². The third-order valence-electron chi connectivity index (χ3n) is 4.50. The number of ketones is 3. The van der Waals surface area contributed by atoms with Gasteiger partial charge in [0, 0.05) is 25.0 Å². The molecule has 29 heavy (non-hydrogen) atoms. The Morgan fingerprint density at radius 3 is 2.55 bits per heavy atom. The van der Waals surface area contributed by atoms with Crippen molar-refractivity contribution >= 4 is 23.3 Å². The molecule has 0 saturated heterocycles. The molecule has 0 heterocycles. The molecule has 1 aliphatic rings. The Hall–Kier alpha value is -3.22. The first-order valence-corrected chi connectivity index (χ1v) is 9.36. The summed E-state index contributed by atoms with van der Waals surface area (Å²) in [6.07, 6.45) is 6.15. The van der Waals surface area contributed by atoms with Crippen LogP contribution in [-0.4, -0.2) is 42.1 Å². The van der Waals surface area contributed by atoms with E-state index in [0.29, 0.717) is 12.0 Å². The molecule has 0 spiro atoms. The number of phenolic OH excluding ortho intramolecular Hbond substituents is 1. The van der Waals surface area contributed by atoms with Crippen LogP contribution in [0.15, 0.2) is 30.1 Å². The summed E-state index contributed by atoms with van der Waals surface area (Å²) >= 11 is 0. The van der Waals surface area contributed by atoms with Gasteiger partial charge >= 0.3 is 5.97 Å². The fourth-order valence-corrected chi connectivity index (χ4v) is 3.07. The number of carbonyl (C=O) groups is 4.